The van der Waals surface area contributed by atoms with Gasteiger partial charge in [-0.15, -0.1) is 0 Å². The number of thioether (sulfide) groups is 1. The van der Waals surface area contributed by atoms with E-state index in [2.05, 4.69) is 13.8 Å². The molecule has 3 rings (SSSR count). The summed E-state index contributed by atoms with van der Waals surface area (Å²) in [6.45, 7) is 7.80. The molecule has 31 heavy (non-hydrogen) atoms. The van der Waals surface area contributed by atoms with E-state index in [0.717, 1.165) is 36.3 Å². The van der Waals surface area contributed by atoms with Gasteiger partial charge in [-0.1, -0.05) is 45.2 Å². The third-order valence-corrected chi connectivity index (χ3v) is 7.51. The summed E-state index contributed by atoms with van der Waals surface area (Å²) in [5, 5.41) is 0.144. The van der Waals surface area contributed by atoms with Gasteiger partial charge < -0.3 is 9.80 Å². The number of anilines is 1. The molecule has 0 atom stereocenters. The van der Waals surface area contributed by atoms with Crippen molar-refractivity contribution in [3.05, 3.63) is 24.3 Å². The molecule has 2 amide bonds. The Balaban J connectivity index is 1.75. The van der Waals surface area contributed by atoms with Crippen LogP contribution < -0.4 is 4.90 Å². The van der Waals surface area contributed by atoms with Crippen LogP contribution in [0.4, 0.5) is 5.69 Å². The first-order chi connectivity index (χ1) is 14.9. The summed E-state index contributed by atoms with van der Waals surface area (Å²) < 4.78 is 0. The van der Waals surface area contributed by atoms with Crippen molar-refractivity contribution >= 4 is 34.4 Å². The highest BCUT2D eigenvalue weighted by Crippen LogP contribution is 2.36. The van der Waals surface area contributed by atoms with Gasteiger partial charge in [-0.05, 0) is 55.5 Å². The van der Waals surface area contributed by atoms with Crippen LogP contribution >= 0.6 is 11.8 Å². The van der Waals surface area contributed by atoms with Crippen molar-refractivity contribution in [2.45, 2.75) is 70.6 Å². The van der Waals surface area contributed by atoms with Gasteiger partial charge in [0.15, 0.2) is 5.12 Å². The summed E-state index contributed by atoms with van der Waals surface area (Å²) in [5.41, 5.74) is 0.867. The van der Waals surface area contributed by atoms with Crippen molar-refractivity contribution in [3.63, 3.8) is 0 Å². The second-order valence-corrected chi connectivity index (χ2v) is 10.4. The number of piperidine rings is 1. The van der Waals surface area contributed by atoms with E-state index in [-0.39, 0.29) is 28.8 Å². The van der Waals surface area contributed by atoms with Crippen LogP contribution in [0.3, 0.4) is 0 Å². The summed E-state index contributed by atoms with van der Waals surface area (Å²) in [6.07, 6.45) is 6.83. The molecule has 0 radical (unpaired) electrons. The zero-order valence-corrected chi connectivity index (χ0v) is 20.0. The Morgan fingerprint density at radius 1 is 1.00 bits per heavy atom. The number of hydrogen-bond donors (Lipinski definition) is 0. The van der Waals surface area contributed by atoms with Gasteiger partial charge in [0, 0.05) is 43.3 Å². The van der Waals surface area contributed by atoms with Crippen LogP contribution in [0, 0.1) is 17.8 Å². The van der Waals surface area contributed by atoms with Crippen LogP contribution in [0.5, 0.6) is 0 Å². The Morgan fingerprint density at radius 3 is 2.26 bits per heavy atom. The van der Waals surface area contributed by atoms with E-state index in [4.69, 9.17) is 0 Å². The summed E-state index contributed by atoms with van der Waals surface area (Å²) in [6, 6.07) is 7.84. The molecule has 0 aromatic heterocycles. The van der Waals surface area contributed by atoms with Gasteiger partial charge in [0.2, 0.25) is 11.8 Å². The first-order valence-corrected chi connectivity index (χ1v) is 12.6. The van der Waals surface area contributed by atoms with E-state index < -0.39 is 0 Å². The van der Waals surface area contributed by atoms with Crippen molar-refractivity contribution in [2.75, 3.05) is 24.5 Å². The Morgan fingerprint density at radius 2 is 1.65 bits per heavy atom. The van der Waals surface area contributed by atoms with Crippen molar-refractivity contribution in [3.8, 4) is 0 Å². The minimum absolute atomic E-state index is 0.0405. The number of likely N-dealkylation sites (tertiary alicyclic amines) is 1. The van der Waals surface area contributed by atoms with E-state index in [0.29, 0.717) is 38.4 Å². The molecule has 0 bridgehead atoms. The molecule has 0 unspecified atom stereocenters. The standard InChI is InChI=1S/C25H36N2O3S/c1-18(2)17-27(24(29)20-9-5-4-6-10-20)22-11-7-8-12-23(22)31-25(30)21-13-15-26(16-14-21)19(3)28/h7-8,11-12,18,20-21H,4-6,9-10,13-17H2,1-3H3. The lowest BCUT2D eigenvalue weighted by Crippen LogP contribution is -2.40. The van der Waals surface area contributed by atoms with Crippen LogP contribution in [0.15, 0.2) is 29.2 Å². The monoisotopic (exact) mass is 444 g/mol. The molecule has 1 aliphatic carbocycles. The van der Waals surface area contributed by atoms with E-state index >= 15 is 0 Å². The van der Waals surface area contributed by atoms with E-state index in [1.165, 1.54) is 18.2 Å². The minimum atomic E-state index is -0.0405. The molecule has 2 fully saturated rings. The Labute approximate surface area is 190 Å². The number of benzene rings is 1. The Kier molecular flexibility index (Phi) is 8.58. The molecule has 0 spiro atoms. The minimum Gasteiger partial charge on any atom is -0.343 e. The second-order valence-electron chi connectivity index (χ2n) is 9.35. The summed E-state index contributed by atoms with van der Waals surface area (Å²) in [5.74, 6) is 0.689. The largest absolute Gasteiger partial charge is 0.343 e. The number of para-hydroxylation sites is 1. The molecule has 5 nitrogen and oxygen atoms in total. The van der Waals surface area contributed by atoms with Crippen LogP contribution in [0.2, 0.25) is 0 Å². The van der Waals surface area contributed by atoms with Crippen LogP contribution in [-0.4, -0.2) is 41.5 Å². The molecular weight excluding hydrogens is 408 g/mol. The predicted octanol–water partition coefficient (Wildman–Crippen LogP) is 5.13. The number of carbonyl (C=O) groups is 3. The number of nitrogens with zero attached hydrogens (tertiary/aromatic N) is 2. The molecule has 1 saturated heterocycles. The molecule has 1 aromatic rings. The predicted molar refractivity (Wildman–Crippen MR) is 126 cm³/mol. The molecular formula is C25H36N2O3S. The molecule has 1 aromatic carbocycles. The van der Waals surface area contributed by atoms with Gasteiger partial charge in [0.25, 0.3) is 0 Å². The summed E-state index contributed by atoms with van der Waals surface area (Å²) in [4.78, 5) is 42.7. The number of rotatable bonds is 6. The van der Waals surface area contributed by atoms with Gasteiger partial charge in [-0.25, -0.2) is 0 Å². The summed E-state index contributed by atoms with van der Waals surface area (Å²) in [7, 11) is 0. The van der Waals surface area contributed by atoms with Gasteiger partial charge in [0.05, 0.1) is 5.69 Å². The number of hydrogen-bond acceptors (Lipinski definition) is 4. The van der Waals surface area contributed by atoms with Crippen LogP contribution in [0.1, 0.15) is 65.7 Å². The highest BCUT2D eigenvalue weighted by atomic mass is 32.2. The molecule has 1 saturated carbocycles. The highest BCUT2D eigenvalue weighted by molar-refractivity contribution is 8.13. The lowest BCUT2D eigenvalue weighted by Gasteiger charge is -2.32. The molecule has 6 heteroatoms. The Hall–Kier alpha value is -1.82. The van der Waals surface area contributed by atoms with Crippen molar-refractivity contribution in [1.29, 1.82) is 0 Å². The number of carbonyl (C=O) groups excluding carboxylic acids is 3. The van der Waals surface area contributed by atoms with Gasteiger partial charge in [-0.3, -0.25) is 14.4 Å². The fourth-order valence-electron chi connectivity index (χ4n) is 4.63. The third-order valence-electron chi connectivity index (χ3n) is 6.41. The quantitative estimate of drug-likeness (QED) is 0.571. The van der Waals surface area contributed by atoms with Gasteiger partial charge in [0.1, 0.15) is 0 Å². The first kappa shape index (κ1) is 23.8. The average molecular weight is 445 g/mol. The SMILES string of the molecule is CC(=O)N1CCC(C(=O)Sc2ccccc2N(CC(C)C)C(=O)C2CCCCC2)CC1. The molecule has 1 heterocycles. The van der Waals surface area contributed by atoms with Crippen molar-refractivity contribution < 1.29 is 14.4 Å². The van der Waals surface area contributed by atoms with E-state index in [1.54, 1.807) is 6.92 Å². The highest BCUT2D eigenvalue weighted by Gasteiger charge is 2.31. The van der Waals surface area contributed by atoms with Gasteiger partial charge in [-0.2, -0.15) is 0 Å². The first-order valence-electron chi connectivity index (χ1n) is 11.7. The molecule has 2 aliphatic rings. The zero-order valence-electron chi connectivity index (χ0n) is 19.1. The normalized spacial score (nSPS) is 18.3. The third kappa shape index (κ3) is 6.34. The van der Waals surface area contributed by atoms with E-state index in [1.807, 2.05) is 34.1 Å². The lowest BCUT2D eigenvalue weighted by molar-refractivity contribution is -0.131. The average Bonchev–Trinajstić information content (AvgIpc) is 2.78. The molecule has 170 valence electrons. The smallest absolute Gasteiger partial charge is 0.230 e. The molecule has 1 aliphatic heterocycles. The summed E-state index contributed by atoms with van der Waals surface area (Å²) >= 11 is 1.27. The Bertz CT molecular complexity index is 781. The van der Waals surface area contributed by atoms with Crippen LogP contribution in [0.25, 0.3) is 0 Å². The maximum Gasteiger partial charge on any atom is 0.230 e. The fourth-order valence-corrected chi connectivity index (χ4v) is 5.68. The maximum absolute atomic E-state index is 13.5. The lowest BCUT2D eigenvalue weighted by atomic mass is 9.88. The molecule has 0 N–H and O–H groups in total. The van der Waals surface area contributed by atoms with Crippen molar-refractivity contribution in [2.24, 2.45) is 17.8 Å². The second kappa shape index (κ2) is 11.2. The topological polar surface area (TPSA) is 57.7 Å². The van der Waals surface area contributed by atoms with Crippen LogP contribution in [-0.2, 0) is 14.4 Å². The van der Waals surface area contributed by atoms with E-state index in [9.17, 15) is 14.4 Å². The fraction of sp³-hybridized carbons (Fsp3) is 0.640. The zero-order chi connectivity index (χ0) is 22.4. The number of amides is 2. The van der Waals surface area contributed by atoms with Gasteiger partial charge >= 0.3 is 0 Å². The van der Waals surface area contributed by atoms with Crippen molar-refractivity contribution in [1.82, 2.24) is 4.90 Å². The maximum atomic E-state index is 13.5.